The molecule has 3 rings (SSSR count). The lowest BCUT2D eigenvalue weighted by Crippen LogP contribution is -2.53. The minimum atomic E-state index is -0.00963. The fraction of sp³-hybridized carbons (Fsp3) is 0.650. The number of rotatable bonds is 5. The van der Waals surface area contributed by atoms with Crippen molar-refractivity contribution in [3.05, 3.63) is 35.9 Å². The number of nitrogens with zero attached hydrogens (tertiary/aromatic N) is 1. The highest BCUT2D eigenvalue weighted by Gasteiger charge is 2.28. The van der Waals surface area contributed by atoms with E-state index in [1.165, 1.54) is 24.8 Å². The zero-order chi connectivity index (χ0) is 16.8. The van der Waals surface area contributed by atoms with Crippen LogP contribution in [0, 0.1) is 5.92 Å². The van der Waals surface area contributed by atoms with Gasteiger partial charge in [0.1, 0.15) is 0 Å². The average Bonchev–Trinajstić information content (AvgIpc) is 2.63. The summed E-state index contributed by atoms with van der Waals surface area (Å²) in [4.78, 5) is 14.9. The summed E-state index contributed by atoms with van der Waals surface area (Å²) in [5.41, 5.74) is 1.44. The Bertz CT molecular complexity index is 505. The van der Waals surface area contributed by atoms with Crippen molar-refractivity contribution in [2.24, 2.45) is 5.92 Å². The lowest BCUT2D eigenvalue weighted by molar-refractivity contribution is -0.127. The van der Waals surface area contributed by atoms with Gasteiger partial charge in [-0.3, -0.25) is 9.69 Å². The van der Waals surface area contributed by atoms with E-state index >= 15 is 0 Å². The van der Waals surface area contributed by atoms with Crippen LogP contribution in [-0.4, -0.2) is 49.1 Å². The molecule has 1 aromatic rings. The molecule has 1 amide bonds. The molecule has 2 saturated heterocycles. The summed E-state index contributed by atoms with van der Waals surface area (Å²) >= 11 is 0. The second-order valence-electron chi connectivity index (χ2n) is 7.40. The topological polar surface area (TPSA) is 44.4 Å². The SMILES string of the molecule is CC(C(=O)NC1CCCNC1)N1CCC(Cc2ccccc2)CC1. The fourth-order valence-corrected chi connectivity index (χ4v) is 3.95. The number of hydrogen-bond donors (Lipinski definition) is 2. The molecule has 4 heteroatoms. The predicted octanol–water partition coefficient (Wildman–Crippen LogP) is 2.20. The number of amides is 1. The summed E-state index contributed by atoms with van der Waals surface area (Å²) in [6, 6.07) is 11.1. The molecular weight excluding hydrogens is 298 g/mol. The standard InChI is InChI=1S/C20H31N3O/c1-16(20(24)22-19-8-5-11-21-15-19)23-12-9-18(10-13-23)14-17-6-3-2-4-7-17/h2-4,6-7,16,18-19,21H,5,8-15H2,1H3,(H,22,24). The number of nitrogens with one attached hydrogen (secondary N) is 2. The number of carbonyl (C=O) groups is 1. The highest BCUT2D eigenvalue weighted by Crippen LogP contribution is 2.23. The van der Waals surface area contributed by atoms with Crippen LogP contribution >= 0.6 is 0 Å². The predicted molar refractivity (Wildman–Crippen MR) is 97.9 cm³/mol. The van der Waals surface area contributed by atoms with Crippen LogP contribution in [0.2, 0.25) is 0 Å². The van der Waals surface area contributed by atoms with Gasteiger partial charge >= 0.3 is 0 Å². The van der Waals surface area contributed by atoms with E-state index in [1.54, 1.807) is 0 Å². The molecule has 0 aliphatic carbocycles. The maximum atomic E-state index is 12.5. The van der Waals surface area contributed by atoms with Gasteiger partial charge < -0.3 is 10.6 Å². The van der Waals surface area contributed by atoms with Crippen LogP contribution in [0.5, 0.6) is 0 Å². The van der Waals surface area contributed by atoms with Crippen LogP contribution in [0.25, 0.3) is 0 Å². The van der Waals surface area contributed by atoms with E-state index in [4.69, 9.17) is 0 Å². The number of hydrogen-bond acceptors (Lipinski definition) is 3. The molecule has 24 heavy (non-hydrogen) atoms. The first-order valence-electron chi connectivity index (χ1n) is 9.51. The van der Waals surface area contributed by atoms with Crippen molar-refractivity contribution in [2.75, 3.05) is 26.2 Å². The molecule has 0 aromatic heterocycles. The summed E-state index contributed by atoms with van der Waals surface area (Å²) in [6.45, 7) is 6.13. The molecular formula is C20H31N3O. The maximum absolute atomic E-state index is 12.5. The van der Waals surface area contributed by atoms with Gasteiger partial charge in [0, 0.05) is 12.6 Å². The molecule has 2 heterocycles. The van der Waals surface area contributed by atoms with Gasteiger partial charge in [-0.25, -0.2) is 0 Å². The fourth-order valence-electron chi connectivity index (χ4n) is 3.95. The van der Waals surface area contributed by atoms with Gasteiger partial charge in [-0.15, -0.1) is 0 Å². The first-order chi connectivity index (χ1) is 11.7. The Balaban J connectivity index is 1.42. The summed E-state index contributed by atoms with van der Waals surface area (Å²) in [5, 5.41) is 6.58. The minimum Gasteiger partial charge on any atom is -0.351 e. The molecule has 0 radical (unpaired) electrons. The number of piperidine rings is 2. The molecule has 2 aliphatic rings. The van der Waals surface area contributed by atoms with Crippen molar-refractivity contribution in [1.82, 2.24) is 15.5 Å². The molecule has 2 N–H and O–H groups in total. The first kappa shape index (κ1) is 17.4. The van der Waals surface area contributed by atoms with Gasteiger partial charge in [0.15, 0.2) is 0 Å². The average molecular weight is 329 g/mol. The van der Waals surface area contributed by atoms with E-state index in [0.29, 0.717) is 6.04 Å². The summed E-state index contributed by atoms with van der Waals surface area (Å²) in [5.74, 6) is 0.951. The third kappa shape index (κ3) is 4.81. The van der Waals surface area contributed by atoms with Crippen LogP contribution < -0.4 is 10.6 Å². The van der Waals surface area contributed by atoms with Gasteiger partial charge in [-0.1, -0.05) is 30.3 Å². The number of benzene rings is 1. The van der Waals surface area contributed by atoms with Crippen molar-refractivity contribution in [2.45, 2.75) is 51.1 Å². The van der Waals surface area contributed by atoms with E-state index in [-0.39, 0.29) is 11.9 Å². The number of likely N-dealkylation sites (tertiary alicyclic amines) is 1. The molecule has 4 nitrogen and oxygen atoms in total. The molecule has 0 bridgehead atoms. The van der Waals surface area contributed by atoms with Crippen molar-refractivity contribution >= 4 is 5.91 Å². The van der Waals surface area contributed by atoms with Crippen molar-refractivity contribution in [3.63, 3.8) is 0 Å². The summed E-state index contributed by atoms with van der Waals surface area (Å²) < 4.78 is 0. The van der Waals surface area contributed by atoms with Crippen LogP contribution in [-0.2, 0) is 11.2 Å². The lowest BCUT2D eigenvalue weighted by Gasteiger charge is -2.36. The maximum Gasteiger partial charge on any atom is 0.237 e. The zero-order valence-electron chi connectivity index (χ0n) is 14.8. The van der Waals surface area contributed by atoms with E-state index in [1.807, 2.05) is 0 Å². The second-order valence-corrected chi connectivity index (χ2v) is 7.40. The zero-order valence-corrected chi connectivity index (χ0v) is 14.8. The second kappa shape index (κ2) is 8.63. The molecule has 2 unspecified atom stereocenters. The van der Waals surface area contributed by atoms with Crippen LogP contribution in [0.3, 0.4) is 0 Å². The first-order valence-corrected chi connectivity index (χ1v) is 9.51. The third-order valence-corrected chi connectivity index (χ3v) is 5.59. The summed E-state index contributed by atoms with van der Waals surface area (Å²) in [7, 11) is 0. The van der Waals surface area contributed by atoms with Crippen LogP contribution in [0.1, 0.15) is 38.2 Å². The molecule has 0 spiro atoms. The van der Waals surface area contributed by atoms with Gasteiger partial charge in [0.25, 0.3) is 0 Å². The Morgan fingerprint density at radius 2 is 2.00 bits per heavy atom. The number of carbonyl (C=O) groups excluding carboxylic acids is 1. The normalized spacial score (nSPS) is 24.5. The Morgan fingerprint density at radius 1 is 1.25 bits per heavy atom. The van der Waals surface area contributed by atoms with Crippen molar-refractivity contribution in [3.8, 4) is 0 Å². The summed E-state index contributed by atoms with van der Waals surface area (Å²) in [6.07, 6.45) is 5.81. The monoisotopic (exact) mass is 329 g/mol. The lowest BCUT2D eigenvalue weighted by atomic mass is 9.89. The Hall–Kier alpha value is -1.39. The molecule has 0 saturated carbocycles. The van der Waals surface area contributed by atoms with Crippen molar-refractivity contribution in [1.29, 1.82) is 0 Å². The quantitative estimate of drug-likeness (QED) is 0.870. The van der Waals surface area contributed by atoms with E-state index in [2.05, 4.69) is 52.8 Å². The van der Waals surface area contributed by atoms with Crippen molar-refractivity contribution < 1.29 is 4.79 Å². The molecule has 132 valence electrons. The Labute approximate surface area is 146 Å². The largest absolute Gasteiger partial charge is 0.351 e. The van der Waals surface area contributed by atoms with Gasteiger partial charge in [-0.05, 0) is 70.1 Å². The molecule has 2 aliphatic heterocycles. The van der Waals surface area contributed by atoms with Gasteiger partial charge in [0.05, 0.1) is 6.04 Å². The minimum absolute atomic E-state index is 0.00963. The van der Waals surface area contributed by atoms with Crippen LogP contribution in [0.15, 0.2) is 30.3 Å². The van der Waals surface area contributed by atoms with E-state index in [0.717, 1.165) is 44.9 Å². The third-order valence-electron chi connectivity index (χ3n) is 5.59. The highest BCUT2D eigenvalue weighted by atomic mass is 16.2. The smallest absolute Gasteiger partial charge is 0.237 e. The Kier molecular flexibility index (Phi) is 6.27. The van der Waals surface area contributed by atoms with E-state index < -0.39 is 0 Å². The molecule has 2 atom stereocenters. The van der Waals surface area contributed by atoms with Gasteiger partial charge in [-0.2, -0.15) is 0 Å². The molecule has 2 fully saturated rings. The van der Waals surface area contributed by atoms with E-state index in [9.17, 15) is 4.79 Å². The molecule has 1 aromatic carbocycles. The highest BCUT2D eigenvalue weighted by molar-refractivity contribution is 5.81. The Morgan fingerprint density at radius 3 is 2.67 bits per heavy atom. The van der Waals surface area contributed by atoms with Crippen LogP contribution in [0.4, 0.5) is 0 Å². The van der Waals surface area contributed by atoms with Gasteiger partial charge in [0.2, 0.25) is 5.91 Å².